The predicted octanol–water partition coefficient (Wildman–Crippen LogP) is 1.23. The normalized spacial score (nSPS) is 10.1. The van der Waals surface area contributed by atoms with E-state index in [1.54, 1.807) is 6.07 Å². The van der Waals surface area contributed by atoms with E-state index in [1.165, 1.54) is 30.1 Å². The Kier molecular flexibility index (Phi) is 2.63. The van der Waals surface area contributed by atoms with E-state index >= 15 is 0 Å². The van der Waals surface area contributed by atoms with E-state index in [0.717, 1.165) is 0 Å². The van der Waals surface area contributed by atoms with Crippen molar-refractivity contribution in [1.29, 1.82) is 0 Å². The quantitative estimate of drug-likeness (QED) is 0.731. The first-order valence-electron chi connectivity index (χ1n) is 4.45. The molecule has 0 saturated carbocycles. The summed E-state index contributed by atoms with van der Waals surface area (Å²) < 4.78 is 19.4. The number of halogens is 1. The Morgan fingerprint density at radius 1 is 1.44 bits per heavy atom. The van der Waals surface area contributed by atoms with Crippen LogP contribution < -0.4 is 4.74 Å². The summed E-state index contributed by atoms with van der Waals surface area (Å²) in [5.74, 6) is -0.0735. The summed E-state index contributed by atoms with van der Waals surface area (Å²) in [4.78, 5) is 10.4. The smallest absolute Gasteiger partial charge is 0.171 e. The second kappa shape index (κ2) is 4.09. The Morgan fingerprint density at radius 3 is 2.88 bits per heavy atom. The fourth-order valence-corrected chi connectivity index (χ4v) is 1.25. The first-order valence-corrected chi connectivity index (χ1v) is 4.45. The van der Waals surface area contributed by atoms with Crippen LogP contribution in [0.4, 0.5) is 4.39 Å². The first-order chi connectivity index (χ1) is 7.72. The van der Waals surface area contributed by atoms with Crippen molar-refractivity contribution in [3.63, 3.8) is 0 Å². The highest BCUT2D eigenvalue weighted by molar-refractivity contribution is 5.70. The number of carbonyl (C=O) groups is 1. The number of ether oxygens (including phenoxy) is 1. The third-order valence-electron chi connectivity index (χ3n) is 1.99. The predicted molar refractivity (Wildman–Crippen MR) is 53.3 cm³/mol. The summed E-state index contributed by atoms with van der Waals surface area (Å²) in [5, 5.41) is 7.26. The maximum Gasteiger partial charge on any atom is 0.171 e. The number of aldehydes is 1. The van der Waals surface area contributed by atoms with Gasteiger partial charge in [-0.05, 0) is 6.07 Å². The highest BCUT2D eigenvalue weighted by atomic mass is 19.1. The van der Waals surface area contributed by atoms with Gasteiger partial charge in [0.15, 0.2) is 6.29 Å². The van der Waals surface area contributed by atoms with Gasteiger partial charge in [0.2, 0.25) is 0 Å². The molecule has 0 bridgehead atoms. The van der Waals surface area contributed by atoms with Crippen LogP contribution in [0.25, 0.3) is 5.69 Å². The molecular weight excluding hydrogens is 213 g/mol. The molecule has 0 N–H and O–H groups in total. The monoisotopic (exact) mass is 221 g/mol. The zero-order valence-electron chi connectivity index (χ0n) is 8.42. The average Bonchev–Trinajstić information content (AvgIpc) is 2.76. The Hall–Kier alpha value is -2.24. The number of hydrogen-bond acceptors (Lipinski definition) is 4. The maximum absolute atomic E-state index is 13.2. The van der Waals surface area contributed by atoms with Crippen LogP contribution in [0.5, 0.6) is 5.75 Å². The minimum Gasteiger partial charge on any atom is -0.497 e. The van der Waals surface area contributed by atoms with E-state index in [4.69, 9.17) is 4.74 Å². The lowest BCUT2D eigenvalue weighted by Gasteiger charge is -2.04. The molecule has 0 amide bonds. The van der Waals surface area contributed by atoms with Gasteiger partial charge < -0.3 is 4.74 Å². The van der Waals surface area contributed by atoms with Crippen LogP contribution in [-0.4, -0.2) is 28.4 Å². The largest absolute Gasteiger partial charge is 0.497 e. The number of nitrogens with zero attached hydrogens (tertiary/aromatic N) is 3. The van der Waals surface area contributed by atoms with Crippen LogP contribution in [0, 0.1) is 5.82 Å². The molecule has 0 atom stereocenters. The number of methoxy groups -OCH3 is 1. The molecule has 0 aliphatic carbocycles. The summed E-state index contributed by atoms with van der Waals surface area (Å²) in [6.07, 6.45) is 1.97. The van der Waals surface area contributed by atoms with Gasteiger partial charge in [-0.2, -0.15) is 0 Å². The van der Waals surface area contributed by atoms with Crippen LogP contribution >= 0.6 is 0 Å². The molecule has 2 aromatic rings. The van der Waals surface area contributed by atoms with Crippen molar-refractivity contribution < 1.29 is 13.9 Å². The van der Waals surface area contributed by atoms with Gasteiger partial charge in [-0.25, -0.2) is 9.07 Å². The van der Waals surface area contributed by atoms with Crippen molar-refractivity contribution >= 4 is 6.29 Å². The second-order valence-electron chi connectivity index (χ2n) is 3.06. The maximum atomic E-state index is 13.2. The molecule has 0 fully saturated rings. The Bertz CT molecular complexity index is 525. The topological polar surface area (TPSA) is 57.0 Å². The number of carbonyl (C=O) groups excluding carboxylic acids is 1. The summed E-state index contributed by atoms with van der Waals surface area (Å²) in [6.45, 7) is 0. The van der Waals surface area contributed by atoms with E-state index in [2.05, 4.69) is 10.3 Å². The van der Waals surface area contributed by atoms with E-state index in [9.17, 15) is 9.18 Å². The standard InChI is InChI=1S/C10H8FN3O2/c1-16-10-3-7(11)2-9(4-10)14-5-8(6-15)12-13-14/h2-6H,1H3. The summed E-state index contributed by atoms with van der Waals surface area (Å²) >= 11 is 0. The molecule has 16 heavy (non-hydrogen) atoms. The molecule has 0 radical (unpaired) electrons. The number of hydrogen-bond donors (Lipinski definition) is 0. The van der Waals surface area contributed by atoms with E-state index in [0.29, 0.717) is 17.7 Å². The SMILES string of the molecule is COc1cc(F)cc(-n2cc(C=O)nn2)c1. The van der Waals surface area contributed by atoms with Crippen molar-refractivity contribution in [2.75, 3.05) is 7.11 Å². The van der Waals surface area contributed by atoms with Crippen molar-refractivity contribution in [2.24, 2.45) is 0 Å². The van der Waals surface area contributed by atoms with Crippen LogP contribution in [0.3, 0.4) is 0 Å². The van der Waals surface area contributed by atoms with Gasteiger partial charge in [-0.15, -0.1) is 5.10 Å². The number of aromatic nitrogens is 3. The van der Waals surface area contributed by atoms with Crippen LogP contribution in [0.1, 0.15) is 10.5 Å². The average molecular weight is 221 g/mol. The third-order valence-corrected chi connectivity index (χ3v) is 1.99. The van der Waals surface area contributed by atoms with E-state index < -0.39 is 5.82 Å². The Morgan fingerprint density at radius 2 is 2.25 bits per heavy atom. The fraction of sp³-hybridized carbons (Fsp3) is 0.100. The van der Waals surface area contributed by atoms with Crippen LogP contribution in [0.15, 0.2) is 24.4 Å². The molecular formula is C10H8FN3O2. The zero-order chi connectivity index (χ0) is 11.5. The van der Waals surface area contributed by atoms with E-state index in [1.807, 2.05) is 0 Å². The molecule has 0 aliphatic rings. The summed E-state index contributed by atoms with van der Waals surface area (Å²) in [5.41, 5.74) is 0.626. The lowest BCUT2D eigenvalue weighted by Crippen LogP contribution is -1.97. The summed E-state index contributed by atoms with van der Waals surface area (Å²) in [6, 6.07) is 4.11. The highest BCUT2D eigenvalue weighted by Crippen LogP contribution is 2.18. The zero-order valence-corrected chi connectivity index (χ0v) is 8.42. The van der Waals surface area contributed by atoms with Crippen LogP contribution in [-0.2, 0) is 0 Å². The molecule has 2 rings (SSSR count). The molecule has 5 nitrogen and oxygen atoms in total. The van der Waals surface area contributed by atoms with Crippen molar-refractivity contribution in [3.05, 3.63) is 35.9 Å². The van der Waals surface area contributed by atoms with Gasteiger partial charge in [0, 0.05) is 12.1 Å². The van der Waals surface area contributed by atoms with E-state index in [-0.39, 0.29) is 5.69 Å². The minimum atomic E-state index is -0.447. The van der Waals surface area contributed by atoms with Crippen molar-refractivity contribution in [2.45, 2.75) is 0 Å². The molecule has 0 aliphatic heterocycles. The fourth-order valence-electron chi connectivity index (χ4n) is 1.25. The van der Waals surface area contributed by atoms with Crippen LogP contribution in [0.2, 0.25) is 0 Å². The third kappa shape index (κ3) is 1.90. The van der Waals surface area contributed by atoms with Gasteiger partial charge in [0.05, 0.1) is 19.0 Å². The van der Waals surface area contributed by atoms with Crippen molar-refractivity contribution in [1.82, 2.24) is 15.0 Å². The summed E-state index contributed by atoms with van der Waals surface area (Å²) in [7, 11) is 1.44. The molecule has 1 aromatic heterocycles. The van der Waals surface area contributed by atoms with Crippen molar-refractivity contribution in [3.8, 4) is 11.4 Å². The first kappa shape index (κ1) is 10.3. The highest BCUT2D eigenvalue weighted by Gasteiger charge is 2.05. The van der Waals surface area contributed by atoms with Gasteiger partial charge in [0.1, 0.15) is 17.3 Å². The molecule has 82 valence electrons. The molecule has 1 heterocycles. The number of benzene rings is 1. The molecule has 0 saturated heterocycles. The molecule has 6 heteroatoms. The lowest BCUT2D eigenvalue weighted by atomic mass is 10.3. The van der Waals surface area contributed by atoms with Gasteiger partial charge in [-0.3, -0.25) is 4.79 Å². The Labute approximate surface area is 90.5 Å². The number of rotatable bonds is 3. The lowest BCUT2D eigenvalue weighted by molar-refractivity contribution is 0.111. The second-order valence-corrected chi connectivity index (χ2v) is 3.06. The molecule has 0 unspecified atom stereocenters. The van der Waals surface area contributed by atoms with Gasteiger partial charge >= 0.3 is 0 Å². The van der Waals surface area contributed by atoms with Gasteiger partial charge in [0.25, 0.3) is 0 Å². The molecule has 1 aromatic carbocycles. The minimum absolute atomic E-state index is 0.184. The van der Waals surface area contributed by atoms with Gasteiger partial charge in [-0.1, -0.05) is 5.21 Å². The Balaban J connectivity index is 2.46. The molecule has 0 spiro atoms.